The molecule has 1 unspecified atom stereocenters. The topological polar surface area (TPSA) is 50.4 Å². The maximum Gasteiger partial charge on any atom is 0.416 e. The molecule has 0 aromatic heterocycles. The Labute approximate surface area is 137 Å². The van der Waals surface area contributed by atoms with Crippen molar-refractivity contribution in [3.05, 3.63) is 65.7 Å². The van der Waals surface area contributed by atoms with Crippen LogP contribution >= 0.6 is 0 Å². The predicted molar refractivity (Wildman–Crippen MR) is 83.1 cm³/mol. The van der Waals surface area contributed by atoms with Gasteiger partial charge in [-0.25, -0.2) is 5.43 Å². The summed E-state index contributed by atoms with van der Waals surface area (Å²) in [5.41, 5.74) is 5.21. The highest BCUT2D eigenvalue weighted by Gasteiger charge is 2.30. The van der Waals surface area contributed by atoms with E-state index in [1.807, 2.05) is 30.3 Å². The molecule has 2 N–H and O–H groups in total. The van der Waals surface area contributed by atoms with Gasteiger partial charge in [-0.05, 0) is 29.8 Å². The maximum absolute atomic E-state index is 12.6. The van der Waals surface area contributed by atoms with E-state index in [0.717, 1.165) is 17.7 Å². The van der Waals surface area contributed by atoms with Crippen LogP contribution in [0.5, 0.6) is 5.75 Å². The minimum absolute atomic E-state index is 0.347. The zero-order valence-electron chi connectivity index (χ0n) is 12.7. The second-order valence-corrected chi connectivity index (χ2v) is 5.02. The Bertz CT molecular complexity index is 631. The van der Waals surface area contributed by atoms with Crippen LogP contribution in [0.15, 0.2) is 54.6 Å². The Kier molecular flexibility index (Phi) is 6.20. The second kappa shape index (κ2) is 8.35. The molecule has 0 spiro atoms. The summed E-state index contributed by atoms with van der Waals surface area (Å²) in [4.78, 5) is 10.2. The Morgan fingerprint density at radius 3 is 2.29 bits per heavy atom. The fraction of sp³-hybridized carbons (Fsp3) is 0.235. The van der Waals surface area contributed by atoms with Gasteiger partial charge in [-0.3, -0.25) is 10.2 Å². The molecule has 0 aliphatic heterocycles. The quantitative estimate of drug-likeness (QED) is 0.440. The molecule has 0 aliphatic carbocycles. The molecule has 0 radical (unpaired) electrons. The molecule has 2 aromatic rings. The van der Waals surface area contributed by atoms with Crippen LogP contribution in [-0.4, -0.2) is 13.0 Å². The van der Waals surface area contributed by atoms with E-state index in [-0.39, 0.29) is 6.10 Å². The first-order chi connectivity index (χ1) is 11.5. The van der Waals surface area contributed by atoms with E-state index < -0.39 is 11.7 Å². The van der Waals surface area contributed by atoms with Gasteiger partial charge in [0.15, 0.2) is 0 Å². The molecule has 2 aromatic carbocycles. The number of nitrogens with one attached hydrogen (secondary N) is 2. The molecule has 4 nitrogen and oxygen atoms in total. The van der Waals surface area contributed by atoms with Crippen molar-refractivity contribution in [2.45, 2.75) is 18.7 Å². The first kappa shape index (κ1) is 17.8. The zero-order valence-corrected chi connectivity index (χ0v) is 12.7. The summed E-state index contributed by atoms with van der Waals surface area (Å²) < 4.78 is 43.6. The number of rotatable bonds is 8. The molecule has 0 heterocycles. The molecule has 24 heavy (non-hydrogen) atoms. The van der Waals surface area contributed by atoms with Crippen LogP contribution in [0.1, 0.15) is 23.7 Å². The first-order valence-electron chi connectivity index (χ1n) is 7.31. The Morgan fingerprint density at radius 1 is 1.04 bits per heavy atom. The zero-order chi connectivity index (χ0) is 17.4. The monoisotopic (exact) mass is 338 g/mol. The molecule has 1 atom stereocenters. The molecule has 0 saturated heterocycles. The number of benzene rings is 2. The molecule has 0 fully saturated rings. The lowest BCUT2D eigenvalue weighted by molar-refractivity contribution is -0.137. The van der Waals surface area contributed by atoms with Crippen molar-refractivity contribution >= 4 is 6.41 Å². The lowest BCUT2D eigenvalue weighted by atomic mass is 10.1. The van der Waals surface area contributed by atoms with Crippen LogP contribution in [0.3, 0.4) is 0 Å². The number of carbonyl (C=O) groups is 1. The van der Waals surface area contributed by atoms with Gasteiger partial charge in [0.1, 0.15) is 11.9 Å². The normalized spacial score (nSPS) is 12.5. The van der Waals surface area contributed by atoms with E-state index in [1.54, 1.807) is 0 Å². The molecule has 7 heteroatoms. The van der Waals surface area contributed by atoms with Crippen molar-refractivity contribution in [3.8, 4) is 5.75 Å². The summed E-state index contributed by atoms with van der Waals surface area (Å²) in [6.45, 7) is 0.443. The van der Waals surface area contributed by atoms with Gasteiger partial charge >= 0.3 is 6.18 Å². The molecule has 0 saturated carbocycles. The van der Waals surface area contributed by atoms with Gasteiger partial charge in [0.05, 0.1) is 5.56 Å². The lowest BCUT2D eigenvalue weighted by Crippen LogP contribution is -2.32. The number of hydrogen-bond donors (Lipinski definition) is 2. The summed E-state index contributed by atoms with van der Waals surface area (Å²) in [7, 11) is 0. The average molecular weight is 338 g/mol. The maximum atomic E-state index is 12.6. The van der Waals surface area contributed by atoms with E-state index in [9.17, 15) is 18.0 Å². The molecule has 128 valence electrons. The van der Waals surface area contributed by atoms with Crippen LogP contribution in [0.25, 0.3) is 0 Å². The Balaban J connectivity index is 2.08. The van der Waals surface area contributed by atoms with Gasteiger partial charge in [-0.1, -0.05) is 30.3 Å². The van der Waals surface area contributed by atoms with Crippen LogP contribution in [-0.2, 0) is 11.0 Å². The highest BCUT2D eigenvalue weighted by atomic mass is 19.4. The number of hydrogen-bond acceptors (Lipinski definition) is 3. The fourth-order valence-electron chi connectivity index (χ4n) is 2.17. The van der Waals surface area contributed by atoms with Crippen molar-refractivity contribution in [2.24, 2.45) is 0 Å². The molecule has 2 rings (SSSR count). The molecular weight excluding hydrogens is 321 g/mol. The third kappa shape index (κ3) is 5.27. The third-order valence-electron chi connectivity index (χ3n) is 3.32. The fourth-order valence-corrected chi connectivity index (χ4v) is 2.17. The van der Waals surface area contributed by atoms with Crippen molar-refractivity contribution < 1.29 is 22.7 Å². The predicted octanol–water partition coefficient (Wildman–Crippen LogP) is 3.47. The number of carbonyl (C=O) groups excluding carboxylic acids is 1. The van der Waals surface area contributed by atoms with Gasteiger partial charge in [0.2, 0.25) is 6.41 Å². The number of amides is 1. The minimum Gasteiger partial charge on any atom is -0.486 e. The van der Waals surface area contributed by atoms with Crippen LogP contribution in [0.4, 0.5) is 13.2 Å². The van der Waals surface area contributed by atoms with Crippen molar-refractivity contribution in [3.63, 3.8) is 0 Å². The smallest absolute Gasteiger partial charge is 0.416 e. The number of hydrazine groups is 1. The van der Waals surface area contributed by atoms with Crippen molar-refractivity contribution in [1.82, 2.24) is 10.9 Å². The lowest BCUT2D eigenvalue weighted by Gasteiger charge is -2.20. The van der Waals surface area contributed by atoms with Crippen LogP contribution < -0.4 is 15.6 Å². The SMILES string of the molecule is O=CNNCCC(Oc1ccc(C(F)(F)F)cc1)c1ccccc1. The van der Waals surface area contributed by atoms with Crippen LogP contribution in [0.2, 0.25) is 0 Å². The van der Waals surface area contributed by atoms with Gasteiger partial charge in [-0.2, -0.15) is 13.2 Å². The molecular formula is C17H17F3N2O2. The molecule has 0 aliphatic rings. The second-order valence-electron chi connectivity index (χ2n) is 5.02. The van der Waals surface area contributed by atoms with E-state index in [4.69, 9.17) is 4.74 Å². The van der Waals surface area contributed by atoms with E-state index in [0.29, 0.717) is 25.1 Å². The van der Waals surface area contributed by atoms with Crippen molar-refractivity contribution in [2.75, 3.05) is 6.54 Å². The van der Waals surface area contributed by atoms with E-state index in [2.05, 4.69) is 10.9 Å². The van der Waals surface area contributed by atoms with E-state index >= 15 is 0 Å². The standard InChI is InChI=1S/C17H17F3N2O2/c18-17(19,20)14-6-8-15(9-7-14)24-16(10-11-21-22-12-23)13-4-2-1-3-5-13/h1-9,12,16,21H,10-11H2,(H,22,23). The minimum atomic E-state index is -4.37. The van der Waals surface area contributed by atoms with Gasteiger partial charge in [0, 0.05) is 13.0 Å². The molecule has 0 bridgehead atoms. The first-order valence-corrected chi connectivity index (χ1v) is 7.31. The average Bonchev–Trinajstić information content (AvgIpc) is 2.58. The summed E-state index contributed by atoms with van der Waals surface area (Å²) >= 11 is 0. The van der Waals surface area contributed by atoms with Crippen molar-refractivity contribution in [1.29, 1.82) is 0 Å². The number of halogens is 3. The number of alkyl halides is 3. The summed E-state index contributed by atoms with van der Waals surface area (Å²) in [5, 5.41) is 0. The molecule has 1 amide bonds. The van der Waals surface area contributed by atoms with E-state index in [1.165, 1.54) is 12.1 Å². The highest BCUT2D eigenvalue weighted by Crippen LogP contribution is 2.31. The highest BCUT2D eigenvalue weighted by molar-refractivity contribution is 5.44. The number of ether oxygens (including phenoxy) is 1. The van der Waals surface area contributed by atoms with Gasteiger partial charge in [0.25, 0.3) is 0 Å². The summed E-state index contributed by atoms with van der Waals surface area (Å²) in [5.74, 6) is 0.347. The Morgan fingerprint density at radius 2 is 1.71 bits per heavy atom. The largest absolute Gasteiger partial charge is 0.486 e. The van der Waals surface area contributed by atoms with Crippen LogP contribution in [0, 0.1) is 0 Å². The Hall–Kier alpha value is -2.54. The van der Waals surface area contributed by atoms with Gasteiger partial charge in [-0.15, -0.1) is 0 Å². The third-order valence-corrected chi connectivity index (χ3v) is 3.32. The summed E-state index contributed by atoms with van der Waals surface area (Å²) in [6.07, 6.45) is -3.69. The summed E-state index contributed by atoms with van der Waals surface area (Å²) in [6, 6.07) is 13.9. The van der Waals surface area contributed by atoms with Gasteiger partial charge < -0.3 is 4.74 Å².